The van der Waals surface area contributed by atoms with Crippen LogP contribution in [-0.4, -0.2) is 31.3 Å². The van der Waals surface area contributed by atoms with E-state index >= 15 is 0 Å². The number of hydrazine groups is 1. The van der Waals surface area contributed by atoms with Crippen LogP contribution in [0.15, 0.2) is 111 Å². The van der Waals surface area contributed by atoms with E-state index in [0.29, 0.717) is 11.3 Å². The maximum Gasteiger partial charge on any atom is 0.266 e. The maximum absolute atomic E-state index is 13.7. The lowest BCUT2D eigenvalue weighted by molar-refractivity contribution is -0.139. The van der Waals surface area contributed by atoms with Gasteiger partial charge in [0.25, 0.3) is 22.7 Å². The summed E-state index contributed by atoms with van der Waals surface area (Å²) in [6.07, 6.45) is 1.15. The monoisotopic (exact) mass is 656 g/mol. The van der Waals surface area contributed by atoms with Gasteiger partial charge in [-0.25, -0.2) is 13.4 Å². The summed E-state index contributed by atoms with van der Waals surface area (Å²) in [7, 11) is -3.92. The topological polar surface area (TPSA) is 142 Å². The Balaban J connectivity index is 1.57. The summed E-state index contributed by atoms with van der Waals surface area (Å²) in [6, 6.07) is 23.0. The Morgan fingerprint density at radius 3 is 1.98 bits per heavy atom. The van der Waals surface area contributed by atoms with Gasteiger partial charge in [-0.2, -0.15) is 0 Å². The van der Waals surface area contributed by atoms with Gasteiger partial charge >= 0.3 is 0 Å². The summed E-state index contributed by atoms with van der Waals surface area (Å²) in [6.45, 7) is 9.99. The first-order valence-corrected chi connectivity index (χ1v) is 16.8. The van der Waals surface area contributed by atoms with E-state index in [2.05, 4.69) is 36.8 Å². The number of benzene rings is 3. The SMILES string of the molecule is CC(C)C[C@H](Nc1c(Nc2ccc(C(C)(C)C)cc2)c(=O)c1=O)C(=O)NN(Cc1ccccc1)C(=O)/C=C/S(=O)(=O)c1ccccc1. The molecule has 0 spiro atoms. The van der Waals surface area contributed by atoms with Gasteiger partial charge in [0.15, 0.2) is 9.84 Å². The molecule has 3 N–H and O–H groups in total. The smallest absolute Gasteiger partial charge is 0.266 e. The van der Waals surface area contributed by atoms with E-state index in [4.69, 9.17) is 0 Å². The summed E-state index contributed by atoms with van der Waals surface area (Å²) in [4.78, 5) is 52.4. The zero-order valence-electron chi connectivity index (χ0n) is 27.1. The second-order valence-electron chi connectivity index (χ2n) is 12.7. The van der Waals surface area contributed by atoms with Gasteiger partial charge in [0, 0.05) is 17.2 Å². The second-order valence-corrected chi connectivity index (χ2v) is 14.6. The molecule has 0 aliphatic carbocycles. The molecule has 246 valence electrons. The lowest BCUT2D eigenvalue weighted by Crippen LogP contribution is -2.52. The zero-order chi connectivity index (χ0) is 34.4. The summed E-state index contributed by atoms with van der Waals surface area (Å²) < 4.78 is 25.6. The summed E-state index contributed by atoms with van der Waals surface area (Å²) >= 11 is 0. The van der Waals surface area contributed by atoms with Crippen molar-refractivity contribution in [2.75, 3.05) is 10.6 Å². The van der Waals surface area contributed by atoms with Crippen LogP contribution in [0.2, 0.25) is 0 Å². The van der Waals surface area contributed by atoms with E-state index in [1.807, 2.05) is 38.1 Å². The highest BCUT2D eigenvalue weighted by atomic mass is 32.2. The molecular formula is C36H40N4O6S. The van der Waals surface area contributed by atoms with Crippen LogP contribution in [0.5, 0.6) is 0 Å². The molecule has 0 fully saturated rings. The van der Waals surface area contributed by atoms with Crippen LogP contribution in [0.25, 0.3) is 0 Å². The molecule has 10 nitrogen and oxygen atoms in total. The molecule has 0 saturated heterocycles. The van der Waals surface area contributed by atoms with E-state index in [1.165, 1.54) is 12.1 Å². The number of anilines is 3. The van der Waals surface area contributed by atoms with Crippen molar-refractivity contribution >= 4 is 38.7 Å². The predicted molar refractivity (Wildman–Crippen MR) is 185 cm³/mol. The van der Waals surface area contributed by atoms with E-state index in [1.54, 1.807) is 48.5 Å². The maximum atomic E-state index is 13.7. The van der Waals surface area contributed by atoms with Gasteiger partial charge in [-0.15, -0.1) is 0 Å². The molecule has 0 aliphatic heterocycles. The molecule has 0 aliphatic rings. The quantitative estimate of drug-likeness (QED) is 0.107. The molecule has 2 amide bonds. The molecule has 0 bridgehead atoms. The third-order valence-electron chi connectivity index (χ3n) is 7.43. The molecule has 0 unspecified atom stereocenters. The van der Waals surface area contributed by atoms with Crippen molar-refractivity contribution in [3.63, 3.8) is 0 Å². The van der Waals surface area contributed by atoms with Gasteiger partial charge in [-0.3, -0.25) is 24.6 Å². The van der Waals surface area contributed by atoms with E-state index in [0.717, 1.165) is 22.1 Å². The highest BCUT2D eigenvalue weighted by Crippen LogP contribution is 2.27. The summed E-state index contributed by atoms with van der Waals surface area (Å²) in [5.74, 6) is -1.43. The van der Waals surface area contributed by atoms with Gasteiger partial charge in [-0.05, 0) is 53.1 Å². The Hall–Kier alpha value is -5.03. The highest BCUT2D eigenvalue weighted by molar-refractivity contribution is 7.94. The minimum Gasteiger partial charge on any atom is -0.368 e. The van der Waals surface area contributed by atoms with Crippen LogP contribution >= 0.6 is 0 Å². The van der Waals surface area contributed by atoms with Gasteiger partial charge in [-0.1, -0.05) is 95.3 Å². The normalized spacial score (nSPS) is 12.6. The molecule has 4 aromatic rings. The van der Waals surface area contributed by atoms with Crippen molar-refractivity contribution in [2.24, 2.45) is 5.92 Å². The molecule has 11 heteroatoms. The third kappa shape index (κ3) is 9.04. The van der Waals surface area contributed by atoms with Crippen LogP contribution in [-0.2, 0) is 31.4 Å². The molecule has 1 atom stereocenters. The van der Waals surface area contributed by atoms with Crippen molar-refractivity contribution in [1.82, 2.24) is 10.4 Å². The Morgan fingerprint density at radius 2 is 1.40 bits per heavy atom. The van der Waals surface area contributed by atoms with Crippen molar-refractivity contribution in [3.05, 3.63) is 128 Å². The fourth-order valence-electron chi connectivity index (χ4n) is 4.80. The average molecular weight is 657 g/mol. The Morgan fingerprint density at radius 1 is 0.830 bits per heavy atom. The van der Waals surface area contributed by atoms with Gasteiger partial charge in [0.05, 0.1) is 11.4 Å². The first kappa shape index (κ1) is 34.8. The minimum absolute atomic E-state index is 0.0136. The van der Waals surface area contributed by atoms with Gasteiger partial charge in [0.1, 0.15) is 17.4 Å². The number of rotatable bonds is 12. The molecule has 0 aromatic heterocycles. The number of hydrogen-bond donors (Lipinski definition) is 3. The van der Waals surface area contributed by atoms with Crippen LogP contribution in [0.4, 0.5) is 17.1 Å². The summed E-state index contributed by atoms with van der Waals surface area (Å²) in [5, 5.41) is 7.76. The van der Waals surface area contributed by atoms with Crippen LogP contribution < -0.4 is 26.9 Å². The number of carbonyl (C=O) groups excluding carboxylic acids is 2. The number of nitrogens with one attached hydrogen (secondary N) is 3. The number of sulfone groups is 1. The van der Waals surface area contributed by atoms with Crippen molar-refractivity contribution in [1.29, 1.82) is 0 Å². The molecule has 0 heterocycles. The fourth-order valence-corrected chi connectivity index (χ4v) is 5.79. The number of amides is 2. The van der Waals surface area contributed by atoms with Crippen molar-refractivity contribution in [2.45, 2.75) is 63.9 Å². The van der Waals surface area contributed by atoms with E-state index in [9.17, 15) is 27.6 Å². The minimum atomic E-state index is -3.92. The highest BCUT2D eigenvalue weighted by Gasteiger charge is 2.29. The first-order valence-electron chi connectivity index (χ1n) is 15.3. The number of carbonyl (C=O) groups is 2. The average Bonchev–Trinajstić information content (AvgIpc) is 3.04. The Kier molecular flexibility index (Phi) is 10.8. The summed E-state index contributed by atoms with van der Waals surface area (Å²) in [5.41, 5.74) is 3.49. The molecule has 4 rings (SSSR count). The molecule has 0 saturated carbocycles. The first-order chi connectivity index (χ1) is 22.2. The standard InChI is InChI=1S/C36H40N4O6S/c1-24(2)22-29(38-32-31(33(42)34(32)43)37-27-18-16-26(17-19-27)36(3,4)5)35(44)39-40(23-25-12-8-6-9-13-25)30(41)20-21-47(45,46)28-14-10-7-11-15-28/h6-21,24,29,37-38H,22-23H2,1-5H3,(H,39,44)/b21-20+/t29-/m0/s1. The van der Waals surface area contributed by atoms with Crippen LogP contribution in [0.1, 0.15) is 52.2 Å². The molecule has 0 radical (unpaired) electrons. The van der Waals surface area contributed by atoms with Gasteiger partial charge < -0.3 is 10.6 Å². The molecular weight excluding hydrogens is 616 g/mol. The van der Waals surface area contributed by atoms with Crippen LogP contribution in [0.3, 0.4) is 0 Å². The van der Waals surface area contributed by atoms with Crippen LogP contribution in [0, 0.1) is 5.92 Å². The Labute approximate surface area is 275 Å². The third-order valence-corrected chi connectivity index (χ3v) is 8.85. The lowest BCUT2D eigenvalue weighted by Gasteiger charge is -2.28. The van der Waals surface area contributed by atoms with E-state index in [-0.39, 0.29) is 40.6 Å². The number of hydrogen-bond acceptors (Lipinski definition) is 8. The largest absolute Gasteiger partial charge is 0.368 e. The predicted octanol–water partition coefficient (Wildman–Crippen LogP) is 5.20. The fraction of sp³-hybridized carbons (Fsp3) is 0.278. The molecule has 4 aromatic carbocycles. The zero-order valence-corrected chi connectivity index (χ0v) is 27.9. The number of nitrogens with zero attached hydrogens (tertiary/aromatic N) is 1. The van der Waals surface area contributed by atoms with Crippen molar-refractivity contribution < 1.29 is 18.0 Å². The molecule has 47 heavy (non-hydrogen) atoms. The van der Waals surface area contributed by atoms with E-state index < -0.39 is 38.6 Å². The lowest BCUT2D eigenvalue weighted by atomic mass is 9.87. The Bertz CT molecular complexity index is 1910. The van der Waals surface area contributed by atoms with Crippen molar-refractivity contribution in [3.8, 4) is 0 Å². The van der Waals surface area contributed by atoms with Gasteiger partial charge in [0.2, 0.25) is 0 Å². The second kappa shape index (κ2) is 14.6.